The molecule has 3 aromatic carbocycles. The molecule has 0 heterocycles. The zero-order valence-corrected chi connectivity index (χ0v) is 21.9. The fourth-order valence-electron chi connectivity index (χ4n) is 3.04. The van der Waals surface area contributed by atoms with Crippen LogP contribution in [0, 0.1) is 0 Å². The summed E-state index contributed by atoms with van der Waals surface area (Å²) in [6.07, 6.45) is 5.60. The Bertz CT molecular complexity index is 727. The number of unbranched alkanes of at least 4 members (excludes halogenated alkanes) is 2. The van der Waals surface area contributed by atoms with Gasteiger partial charge >= 0.3 is 121 Å². The molecule has 0 aliphatic rings. The first-order chi connectivity index (χ1) is 14.8. The summed E-state index contributed by atoms with van der Waals surface area (Å²) in [5.74, 6) is 0. The summed E-state index contributed by atoms with van der Waals surface area (Å²) in [6.45, 7) is 5.12. The van der Waals surface area contributed by atoms with E-state index in [1.807, 2.05) is 0 Å². The number of hydrogen-bond acceptors (Lipinski definition) is 2. The van der Waals surface area contributed by atoms with Gasteiger partial charge in [0, 0.05) is 6.42 Å². The second-order valence-corrected chi connectivity index (χ2v) is 14.7. The van der Waals surface area contributed by atoms with E-state index >= 15 is 0 Å². The maximum absolute atomic E-state index is 5.32. The molecule has 0 saturated carbocycles. The summed E-state index contributed by atoms with van der Waals surface area (Å²) in [5, 5.41) is 0.792. The summed E-state index contributed by atoms with van der Waals surface area (Å²) in [6, 6.07) is 32.9. The molecule has 0 aliphatic carbocycles. The molecule has 0 N–H and O–H groups in total. The van der Waals surface area contributed by atoms with Gasteiger partial charge in [-0.25, -0.2) is 0 Å². The van der Waals surface area contributed by atoms with Gasteiger partial charge in [-0.1, -0.05) is 26.7 Å². The van der Waals surface area contributed by atoms with Crippen molar-refractivity contribution in [2.75, 3.05) is 6.61 Å². The van der Waals surface area contributed by atoms with Crippen molar-refractivity contribution >= 4 is 47.8 Å². The quantitative estimate of drug-likeness (QED) is 0.207. The van der Waals surface area contributed by atoms with E-state index in [4.69, 9.17) is 17.0 Å². The topological polar surface area (TPSA) is 9.23 Å². The molecule has 0 amide bonds. The first kappa shape index (κ1) is 24.6. The molecule has 0 spiro atoms. The van der Waals surface area contributed by atoms with Crippen LogP contribution >= 0.6 is 12.2 Å². The first-order valence-electron chi connectivity index (χ1n) is 10.9. The molecule has 1 radical (unpaired) electrons. The minimum absolute atomic E-state index is 0.792. The fraction of sp³-hybridized carbons (Fsp3) is 0.296. The molecular formula is C27H33OSSn. The third-order valence-corrected chi connectivity index (χ3v) is 12.8. The van der Waals surface area contributed by atoms with Crippen LogP contribution in [0.1, 0.15) is 46.0 Å². The monoisotopic (exact) mass is 525 g/mol. The number of hydrogen-bond donors (Lipinski definition) is 0. The SMILES string of the molecule is CCCCOC(=S)CCCC.c1cc[c]([Sn]([c]2ccccc2)[c]2ccccc2)cc1. The summed E-state index contributed by atoms with van der Waals surface area (Å²) in [4.78, 5) is 0. The molecule has 0 aromatic heterocycles. The van der Waals surface area contributed by atoms with E-state index in [0.29, 0.717) is 0 Å². The van der Waals surface area contributed by atoms with E-state index in [1.54, 1.807) is 0 Å². The van der Waals surface area contributed by atoms with Crippen LogP contribution in [0.4, 0.5) is 0 Å². The second kappa shape index (κ2) is 15.2. The molecule has 3 aromatic rings. The maximum atomic E-state index is 5.32. The van der Waals surface area contributed by atoms with Crippen molar-refractivity contribution in [3.8, 4) is 0 Å². The Kier molecular flexibility index (Phi) is 12.5. The Hall–Kier alpha value is -1.65. The number of thiocarbonyl (C=S) groups is 1. The molecule has 3 rings (SSSR count). The first-order valence-corrected chi connectivity index (χ1v) is 15.6. The molecule has 0 bridgehead atoms. The Morgan fingerprint density at radius 1 is 0.667 bits per heavy atom. The molecule has 1 nitrogen and oxygen atoms in total. The predicted molar refractivity (Wildman–Crippen MR) is 137 cm³/mol. The van der Waals surface area contributed by atoms with Gasteiger partial charge in [0.1, 0.15) is 0 Å². The van der Waals surface area contributed by atoms with Gasteiger partial charge in [-0.2, -0.15) is 0 Å². The Morgan fingerprint density at radius 3 is 1.43 bits per heavy atom. The zero-order chi connectivity index (χ0) is 21.4. The van der Waals surface area contributed by atoms with E-state index in [1.165, 1.54) is 23.6 Å². The van der Waals surface area contributed by atoms with E-state index in [9.17, 15) is 0 Å². The number of ether oxygens (including phenoxy) is 1. The van der Waals surface area contributed by atoms with Crippen molar-refractivity contribution in [1.82, 2.24) is 0 Å². The molecule has 0 fully saturated rings. The van der Waals surface area contributed by atoms with Gasteiger partial charge in [0.15, 0.2) is 5.05 Å². The second-order valence-electron chi connectivity index (χ2n) is 7.15. The molecular weight excluding hydrogens is 491 g/mol. The van der Waals surface area contributed by atoms with Crippen LogP contribution in [-0.4, -0.2) is 31.4 Å². The van der Waals surface area contributed by atoms with Crippen molar-refractivity contribution in [1.29, 1.82) is 0 Å². The minimum atomic E-state index is -1.98. The standard InChI is InChI=1S/C9H18OS.3C6H5.Sn/c1-3-5-7-9(11)10-8-6-4-2;3*1-2-4-6-5-3-1;/h3-8H2,1-2H3;3*1-5H;. The molecule has 30 heavy (non-hydrogen) atoms. The Labute approximate surface area is 195 Å². The normalized spacial score (nSPS) is 10.2. The summed E-state index contributed by atoms with van der Waals surface area (Å²) in [5.41, 5.74) is 0. The van der Waals surface area contributed by atoms with Crippen molar-refractivity contribution in [2.24, 2.45) is 0 Å². The average molecular weight is 524 g/mol. The average Bonchev–Trinajstić information content (AvgIpc) is 2.81. The van der Waals surface area contributed by atoms with Gasteiger partial charge in [0.05, 0.1) is 6.61 Å². The molecule has 0 unspecified atom stereocenters. The van der Waals surface area contributed by atoms with Crippen LogP contribution in [0.5, 0.6) is 0 Å². The molecule has 3 heteroatoms. The third-order valence-electron chi connectivity index (χ3n) is 4.68. The van der Waals surface area contributed by atoms with Crippen LogP contribution in [0.3, 0.4) is 0 Å². The van der Waals surface area contributed by atoms with Crippen LogP contribution in [-0.2, 0) is 4.74 Å². The van der Waals surface area contributed by atoms with Gasteiger partial charge in [-0.05, 0) is 25.1 Å². The summed E-state index contributed by atoms with van der Waals surface area (Å²) in [7, 11) is 0. The number of benzene rings is 3. The van der Waals surface area contributed by atoms with Crippen LogP contribution in [0.15, 0.2) is 91.0 Å². The van der Waals surface area contributed by atoms with Gasteiger partial charge in [0.25, 0.3) is 0 Å². The van der Waals surface area contributed by atoms with Crippen molar-refractivity contribution in [3.63, 3.8) is 0 Å². The van der Waals surface area contributed by atoms with Crippen molar-refractivity contribution in [3.05, 3.63) is 91.0 Å². The summed E-state index contributed by atoms with van der Waals surface area (Å²) < 4.78 is 9.91. The van der Waals surface area contributed by atoms with E-state index in [2.05, 4.69) is 105 Å². The van der Waals surface area contributed by atoms with Gasteiger partial charge < -0.3 is 4.74 Å². The Balaban J connectivity index is 0.000000252. The fourth-order valence-corrected chi connectivity index (χ4v) is 10.6. The Morgan fingerprint density at radius 2 is 1.07 bits per heavy atom. The van der Waals surface area contributed by atoms with E-state index in [0.717, 1.165) is 30.9 Å². The van der Waals surface area contributed by atoms with Gasteiger partial charge in [-0.3, -0.25) is 0 Å². The van der Waals surface area contributed by atoms with Crippen molar-refractivity contribution < 1.29 is 4.74 Å². The van der Waals surface area contributed by atoms with Gasteiger partial charge in [0.2, 0.25) is 0 Å². The molecule has 0 saturated heterocycles. The van der Waals surface area contributed by atoms with Crippen LogP contribution in [0.2, 0.25) is 0 Å². The number of rotatable bonds is 9. The van der Waals surface area contributed by atoms with Gasteiger partial charge in [-0.15, -0.1) is 0 Å². The molecule has 0 aliphatic heterocycles. The zero-order valence-electron chi connectivity index (χ0n) is 18.2. The van der Waals surface area contributed by atoms with Crippen LogP contribution < -0.4 is 10.7 Å². The molecule has 0 atom stereocenters. The summed E-state index contributed by atoms with van der Waals surface area (Å²) >= 11 is 3.03. The van der Waals surface area contributed by atoms with E-state index < -0.39 is 19.8 Å². The van der Waals surface area contributed by atoms with E-state index in [-0.39, 0.29) is 0 Å². The van der Waals surface area contributed by atoms with Crippen molar-refractivity contribution in [2.45, 2.75) is 46.0 Å². The van der Waals surface area contributed by atoms with Crippen LogP contribution in [0.25, 0.3) is 0 Å². The molecule has 157 valence electrons. The third kappa shape index (κ3) is 9.01. The predicted octanol–water partition coefficient (Wildman–Crippen LogP) is 5.52.